The zero-order valence-electron chi connectivity index (χ0n) is 15.4. The van der Waals surface area contributed by atoms with E-state index in [-0.39, 0.29) is 42.8 Å². The van der Waals surface area contributed by atoms with E-state index in [9.17, 15) is 4.79 Å². The fourth-order valence-corrected chi connectivity index (χ4v) is 3.01. The minimum atomic E-state index is -0.196. The first kappa shape index (κ1) is 24.1. The van der Waals surface area contributed by atoms with Crippen LogP contribution in [-0.4, -0.2) is 68.1 Å². The highest BCUT2D eigenvalue weighted by Crippen LogP contribution is 2.22. The molecular weight excluding hydrogens is 359 g/mol. The number of benzene rings is 1. The molecule has 0 aromatic heterocycles. The Morgan fingerprint density at radius 2 is 1.72 bits per heavy atom. The smallest absolute Gasteiger partial charge is 0.242 e. The Kier molecular flexibility index (Phi) is 12.1. The van der Waals surface area contributed by atoms with Crippen molar-refractivity contribution >= 4 is 30.7 Å². The maximum atomic E-state index is 12.8. The number of likely N-dealkylation sites (N-methyl/N-ethyl adjacent to an activating group) is 2. The molecule has 1 amide bonds. The molecule has 0 radical (unpaired) electrons. The van der Waals surface area contributed by atoms with Gasteiger partial charge in [-0.15, -0.1) is 24.8 Å². The van der Waals surface area contributed by atoms with E-state index in [1.165, 1.54) is 0 Å². The normalized spacial score (nSPS) is 17.7. The third-order valence-corrected chi connectivity index (χ3v) is 4.40. The number of carbonyl (C=O) groups excluding carboxylic acids is 1. The van der Waals surface area contributed by atoms with Crippen LogP contribution >= 0.6 is 24.8 Å². The van der Waals surface area contributed by atoms with Gasteiger partial charge in [-0.1, -0.05) is 37.3 Å². The second kappa shape index (κ2) is 12.5. The Labute approximate surface area is 164 Å². The summed E-state index contributed by atoms with van der Waals surface area (Å²) in [5.74, 6) is 0.102. The minimum Gasteiger partial charge on any atom is -0.353 e. The average Bonchev–Trinajstić information content (AvgIpc) is 2.56. The quantitative estimate of drug-likeness (QED) is 0.746. The van der Waals surface area contributed by atoms with Crippen LogP contribution in [0.1, 0.15) is 25.5 Å². The Bertz CT molecular complexity index is 481. The molecule has 1 fully saturated rings. The van der Waals surface area contributed by atoms with Crippen LogP contribution in [-0.2, 0) is 4.79 Å². The van der Waals surface area contributed by atoms with Crippen molar-refractivity contribution in [1.82, 2.24) is 20.4 Å². The van der Waals surface area contributed by atoms with Gasteiger partial charge in [0.15, 0.2) is 0 Å². The Balaban J connectivity index is 0.00000288. The van der Waals surface area contributed by atoms with Crippen molar-refractivity contribution in [2.75, 3.05) is 46.3 Å². The van der Waals surface area contributed by atoms with Gasteiger partial charge in [-0.3, -0.25) is 9.69 Å². The number of halogens is 2. The van der Waals surface area contributed by atoms with Gasteiger partial charge in [0, 0.05) is 38.8 Å². The van der Waals surface area contributed by atoms with Gasteiger partial charge in [0.2, 0.25) is 5.91 Å². The molecule has 2 atom stereocenters. The predicted molar refractivity (Wildman–Crippen MR) is 109 cm³/mol. The fraction of sp³-hybridized carbons (Fsp3) is 0.611. The monoisotopic (exact) mass is 390 g/mol. The number of amides is 1. The molecule has 1 saturated heterocycles. The number of carbonyl (C=O) groups is 1. The van der Waals surface area contributed by atoms with E-state index < -0.39 is 0 Å². The first-order chi connectivity index (χ1) is 11.1. The molecule has 1 aromatic rings. The second-order valence-corrected chi connectivity index (χ2v) is 6.36. The van der Waals surface area contributed by atoms with Crippen LogP contribution in [0.25, 0.3) is 0 Å². The summed E-state index contributed by atoms with van der Waals surface area (Å²) < 4.78 is 0. The van der Waals surface area contributed by atoms with E-state index in [0.717, 1.165) is 38.3 Å². The fourth-order valence-electron chi connectivity index (χ4n) is 3.01. The number of hydrogen-bond acceptors (Lipinski definition) is 4. The number of hydrogen-bond donors (Lipinski definition) is 2. The van der Waals surface area contributed by atoms with Gasteiger partial charge >= 0.3 is 0 Å². The lowest BCUT2D eigenvalue weighted by atomic mass is 10.0. The van der Waals surface area contributed by atoms with Gasteiger partial charge in [-0.2, -0.15) is 0 Å². The van der Waals surface area contributed by atoms with E-state index in [2.05, 4.69) is 53.5 Å². The molecule has 0 spiro atoms. The lowest BCUT2D eigenvalue weighted by Gasteiger charge is -2.37. The lowest BCUT2D eigenvalue weighted by Crippen LogP contribution is -2.51. The SMILES string of the molecule is CCN[C@H](C)CNC(=O)C(c1ccccc1)N1CCN(C)CC1.Cl.Cl. The van der Waals surface area contributed by atoms with Crippen LogP contribution in [0.3, 0.4) is 0 Å². The number of rotatable bonds is 7. The minimum absolute atomic E-state index is 0. The van der Waals surface area contributed by atoms with Gasteiger partial charge in [0.1, 0.15) is 6.04 Å². The van der Waals surface area contributed by atoms with Gasteiger partial charge in [0.25, 0.3) is 0 Å². The molecule has 0 bridgehead atoms. The highest BCUT2D eigenvalue weighted by molar-refractivity contribution is 5.85. The standard InChI is InChI=1S/C18H30N4O.2ClH/c1-4-19-15(2)14-20-18(23)17(16-8-6-5-7-9-16)22-12-10-21(3)11-13-22;;/h5-9,15,17,19H,4,10-14H2,1-3H3,(H,20,23);2*1H/t15-,17?;;/m1../s1. The molecule has 1 heterocycles. The first-order valence-electron chi connectivity index (χ1n) is 8.60. The summed E-state index contributed by atoms with van der Waals surface area (Å²) >= 11 is 0. The van der Waals surface area contributed by atoms with Crippen LogP contribution < -0.4 is 10.6 Å². The molecule has 7 heteroatoms. The van der Waals surface area contributed by atoms with Gasteiger partial charge in [0.05, 0.1) is 0 Å². The lowest BCUT2D eigenvalue weighted by molar-refractivity contribution is -0.127. The predicted octanol–water partition coefficient (Wildman–Crippen LogP) is 1.93. The maximum Gasteiger partial charge on any atom is 0.242 e. The molecule has 2 N–H and O–H groups in total. The highest BCUT2D eigenvalue weighted by Gasteiger charge is 2.29. The van der Waals surface area contributed by atoms with Crippen LogP contribution in [0.5, 0.6) is 0 Å². The summed E-state index contributed by atoms with van der Waals surface area (Å²) in [4.78, 5) is 17.4. The van der Waals surface area contributed by atoms with E-state index in [4.69, 9.17) is 0 Å². The molecule has 1 aliphatic heterocycles. The van der Waals surface area contributed by atoms with Crippen molar-refractivity contribution in [3.8, 4) is 0 Å². The summed E-state index contributed by atoms with van der Waals surface area (Å²) in [6.07, 6.45) is 0. The Morgan fingerprint density at radius 1 is 1.12 bits per heavy atom. The molecule has 0 aliphatic carbocycles. The summed E-state index contributed by atoms with van der Waals surface area (Å²) in [7, 11) is 2.13. The molecule has 25 heavy (non-hydrogen) atoms. The molecule has 2 rings (SSSR count). The Hall–Kier alpha value is -0.850. The van der Waals surface area contributed by atoms with Crippen molar-refractivity contribution in [2.24, 2.45) is 0 Å². The third-order valence-electron chi connectivity index (χ3n) is 4.40. The van der Waals surface area contributed by atoms with Gasteiger partial charge in [-0.05, 0) is 26.1 Å². The second-order valence-electron chi connectivity index (χ2n) is 6.36. The zero-order valence-corrected chi connectivity index (χ0v) is 17.0. The molecular formula is C18H32Cl2N4O. The van der Waals surface area contributed by atoms with Crippen LogP contribution in [0, 0.1) is 0 Å². The largest absolute Gasteiger partial charge is 0.353 e. The van der Waals surface area contributed by atoms with E-state index >= 15 is 0 Å². The highest BCUT2D eigenvalue weighted by atomic mass is 35.5. The molecule has 144 valence electrons. The summed E-state index contributed by atoms with van der Waals surface area (Å²) in [5, 5.41) is 6.45. The number of piperazine rings is 1. The van der Waals surface area contributed by atoms with Crippen molar-refractivity contribution in [2.45, 2.75) is 25.9 Å². The molecule has 1 unspecified atom stereocenters. The Morgan fingerprint density at radius 3 is 2.28 bits per heavy atom. The van der Waals surface area contributed by atoms with Crippen LogP contribution in [0.15, 0.2) is 30.3 Å². The summed E-state index contributed by atoms with van der Waals surface area (Å²) in [6, 6.07) is 10.2. The molecule has 0 saturated carbocycles. The van der Waals surface area contributed by atoms with Crippen molar-refractivity contribution in [3.05, 3.63) is 35.9 Å². The van der Waals surface area contributed by atoms with Gasteiger partial charge in [-0.25, -0.2) is 0 Å². The first-order valence-corrected chi connectivity index (χ1v) is 8.60. The third kappa shape index (κ3) is 7.50. The van der Waals surface area contributed by atoms with Crippen molar-refractivity contribution in [3.63, 3.8) is 0 Å². The van der Waals surface area contributed by atoms with Crippen LogP contribution in [0.2, 0.25) is 0 Å². The molecule has 1 aromatic carbocycles. The van der Waals surface area contributed by atoms with Crippen molar-refractivity contribution in [1.29, 1.82) is 0 Å². The summed E-state index contributed by atoms with van der Waals surface area (Å²) in [6.45, 7) is 9.60. The van der Waals surface area contributed by atoms with Crippen molar-refractivity contribution < 1.29 is 4.79 Å². The average molecular weight is 391 g/mol. The van der Waals surface area contributed by atoms with E-state index in [0.29, 0.717) is 6.54 Å². The van der Waals surface area contributed by atoms with Gasteiger partial charge < -0.3 is 15.5 Å². The zero-order chi connectivity index (χ0) is 16.7. The van der Waals surface area contributed by atoms with Crippen LogP contribution in [0.4, 0.5) is 0 Å². The number of nitrogens with one attached hydrogen (secondary N) is 2. The topological polar surface area (TPSA) is 47.6 Å². The molecule has 1 aliphatic rings. The van der Waals surface area contributed by atoms with E-state index in [1.807, 2.05) is 18.2 Å². The summed E-state index contributed by atoms with van der Waals surface area (Å²) in [5.41, 5.74) is 1.07. The molecule has 5 nitrogen and oxygen atoms in total. The maximum absolute atomic E-state index is 12.8. The van der Waals surface area contributed by atoms with E-state index in [1.54, 1.807) is 0 Å². The number of nitrogens with zero attached hydrogens (tertiary/aromatic N) is 2.